The highest BCUT2D eigenvalue weighted by atomic mass is 79.9. The highest BCUT2D eigenvalue weighted by molar-refractivity contribution is 9.10. The smallest absolute Gasteiger partial charge is 0.186 e. The Morgan fingerprint density at radius 3 is 3.12 bits per heavy atom. The number of ether oxygens (including phenoxy) is 1. The van der Waals surface area contributed by atoms with E-state index in [0.717, 1.165) is 29.1 Å². The van der Waals surface area contributed by atoms with Gasteiger partial charge in [0.1, 0.15) is 4.60 Å². The summed E-state index contributed by atoms with van der Waals surface area (Å²) in [6, 6.07) is 0.344. The predicted molar refractivity (Wildman–Crippen MR) is 70.0 cm³/mol. The first-order valence-corrected chi connectivity index (χ1v) is 7.02. The number of hydrogen-bond donors (Lipinski definition) is 1. The summed E-state index contributed by atoms with van der Waals surface area (Å²) in [6.45, 7) is 1.62. The van der Waals surface area contributed by atoms with Gasteiger partial charge in [0, 0.05) is 31.6 Å². The number of hydrogen-bond acceptors (Lipinski definition) is 5. The third-order valence-electron chi connectivity index (χ3n) is 2.98. The molecule has 2 atom stereocenters. The van der Waals surface area contributed by atoms with E-state index in [-0.39, 0.29) is 0 Å². The highest BCUT2D eigenvalue weighted by Gasteiger charge is 2.29. The quantitative estimate of drug-likeness (QED) is 0.926. The van der Waals surface area contributed by atoms with Crippen LogP contribution in [-0.2, 0) is 4.74 Å². The van der Waals surface area contributed by atoms with Gasteiger partial charge in [-0.05, 0) is 28.8 Å². The Kier molecular flexibility index (Phi) is 4.18. The third kappa shape index (κ3) is 2.56. The van der Waals surface area contributed by atoms with Gasteiger partial charge in [0.25, 0.3) is 0 Å². The number of anilines is 1. The van der Waals surface area contributed by atoms with Crippen LogP contribution in [0.2, 0.25) is 0 Å². The lowest BCUT2D eigenvalue weighted by atomic mass is 10.00. The zero-order valence-electron chi connectivity index (χ0n) is 9.23. The van der Waals surface area contributed by atoms with Crippen LogP contribution < -0.4 is 10.6 Å². The second-order valence-electron chi connectivity index (χ2n) is 3.92. The van der Waals surface area contributed by atoms with Gasteiger partial charge >= 0.3 is 0 Å². The minimum Gasteiger partial charge on any atom is -0.381 e. The average molecular weight is 306 g/mol. The normalized spacial score (nSPS) is 26.1. The van der Waals surface area contributed by atoms with Crippen LogP contribution >= 0.6 is 27.3 Å². The second kappa shape index (κ2) is 5.44. The van der Waals surface area contributed by atoms with Gasteiger partial charge in [0.05, 0.1) is 6.10 Å². The SMILES string of the molecule is COC1CCN(c2nc(Br)cs2)C(CN)C1. The van der Waals surface area contributed by atoms with E-state index in [4.69, 9.17) is 10.5 Å². The number of thiazole rings is 1. The lowest BCUT2D eigenvalue weighted by Gasteiger charge is -2.38. The van der Waals surface area contributed by atoms with Gasteiger partial charge in [0.15, 0.2) is 5.13 Å². The van der Waals surface area contributed by atoms with Gasteiger partial charge in [-0.25, -0.2) is 4.98 Å². The minimum atomic E-state index is 0.341. The van der Waals surface area contributed by atoms with E-state index < -0.39 is 0 Å². The molecule has 16 heavy (non-hydrogen) atoms. The molecule has 0 bridgehead atoms. The first kappa shape index (κ1) is 12.3. The highest BCUT2D eigenvalue weighted by Crippen LogP contribution is 2.29. The molecule has 1 saturated heterocycles. The molecule has 6 heteroatoms. The summed E-state index contributed by atoms with van der Waals surface area (Å²) in [6.07, 6.45) is 2.38. The molecule has 2 N–H and O–H groups in total. The van der Waals surface area contributed by atoms with Crippen molar-refractivity contribution in [3.63, 3.8) is 0 Å². The van der Waals surface area contributed by atoms with Crippen molar-refractivity contribution in [3.8, 4) is 0 Å². The fourth-order valence-corrected chi connectivity index (χ4v) is 3.43. The second-order valence-corrected chi connectivity index (χ2v) is 5.57. The first-order valence-electron chi connectivity index (χ1n) is 5.35. The zero-order chi connectivity index (χ0) is 11.5. The third-order valence-corrected chi connectivity index (χ3v) is 4.57. The molecular weight excluding hydrogens is 290 g/mol. The Balaban J connectivity index is 2.09. The molecule has 0 spiro atoms. The Hall–Kier alpha value is -0.170. The summed E-state index contributed by atoms with van der Waals surface area (Å²) in [5.41, 5.74) is 5.82. The van der Waals surface area contributed by atoms with Crippen molar-refractivity contribution in [3.05, 3.63) is 9.98 Å². The summed E-state index contributed by atoms with van der Waals surface area (Å²) >= 11 is 5.04. The van der Waals surface area contributed by atoms with Gasteiger partial charge in [-0.1, -0.05) is 0 Å². The molecule has 0 aromatic carbocycles. The number of aromatic nitrogens is 1. The summed E-state index contributed by atoms with van der Waals surface area (Å²) in [5.74, 6) is 0. The summed E-state index contributed by atoms with van der Waals surface area (Å²) in [4.78, 5) is 6.74. The van der Waals surface area contributed by atoms with Crippen LogP contribution in [0.3, 0.4) is 0 Å². The number of nitrogens with two attached hydrogens (primary N) is 1. The van der Waals surface area contributed by atoms with E-state index in [9.17, 15) is 0 Å². The molecule has 0 saturated carbocycles. The fourth-order valence-electron chi connectivity index (χ4n) is 2.08. The number of nitrogens with zero attached hydrogens (tertiary/aromatic N) is 2. The fraction of sp³-hybridized carbons (Fsp3) is 0.700. The van der Waals surface area contributed by atoms with Crippen molar-refractivity contribution in [2.45, 2.75) is 25.0 Å². The summed E-state index contributed by atoms with van der Waals surface area (Å²) in [7, 11) is 1.77. The van der Waals surface area contributed by atoms with Crippen LogP contribution in [0.4, 0.5) is 5.13 Å². The van der Waals surface area contributed by atoms with Crippen molar-refractivity contribution >= 4 is 32.4 Å². The topological polar surface area (TPSA) is 51.4 Å². The van der Waals surface area contributed by atoms with Gasteiger partial charge in [0.2, 0.25) is 0 Å². The molecule has 0 radical (unpaired) electrons. The maximum atomic E-state index is 5.82. The number of methoxy groups -OCH3 is 1. The Morgan fingerprint density at radius 2 is 2.56 bits per heavy atom. The molecule has 1 aromatic rings. The number of halogens is 1. The van der Waals surface area contributed by atoms with Crippen LogP contribution in [-0.4, -0.2) is 37.3 Å². The average Bonchev–Trinajstić information content (AvgIpc) is 2.74. The molecule has 1 aliphatic rings. The predicted octanol–water partition coefficient (Wildman–Crippen LogP) is 1.85. The molecule has 1 fully saturated rings. The first-order chi connectivity index (χ1) is 7.74. The van der Waals surface area contributed by atoms with Crippen LogP contribution in [0.1, 0.15) is 12.8 Å². The van der Waals surface area contributed by atoms with Crippen molar-refractivity contribution < 1.29 is 4.74 Å². The molecule has 0 aliphatic carbocycles. The maximum Gasteiger partial charge on any atom is 0.186 e. The van der Waals surface area contributed by atoms with Crippen molar-refractivity contribution in [1.29, 1.82) is 0 Å². The lowest BCUT2D eigenvalue weighted by Crippen LogP contribution is -2.48. The van der Waals surface area contributed by atoms with Gasteiger partial charge < -0.3 is 15.4 Å². The molecule has 1 aliphatic heterocycles. The van der Waals surface area contributed by atoms with E-state index in [1.54, 1.807) is 18.4 Å². The minimum absolute atomic E-state index is 0.341. The molecule has 90 valence electrons. The molecule has 2 rings (SSSR count). The molecule has 4 nitrogen and oxygen atoms in total. The molecular formula is C10H16BrN3OS. The monoisotopic (exact) mass is 305 g/mol. The van der Waals surface area contributed by atoms with E-state index in [1.165, 1.54) is 0 Å². The summed E-state index contributed by atoms with van der Waals surface area (Å²) in [5, 5.41) is 3.06. The Labute approximate surface area is 108 Å². The van der Waals surface area contributed by atoms with Crippen molar-refractivity contribution in [1.82, 2.24) is 4.98 Å². The largest absolute Gasteiger partial charge is 0.381 e. The van der Waals surface area contributed by atoms with E-state index in [0.29, 0.717) is 18.7 Å². The Morgan fingerprint density at radius 1 is 1.75 bits per heavy atom. The molecule has 0 amide bonds. The molecule has 1 aromatic heterocycles. The van der Waals surface area contributed by atoms with E-state index in [1.807, 2.05) is 5.38 Å². The standard InChI is InChI=1S/C10H16BrN3OS/c1-15-8-2-3-14(7(4-8)5-12)10-13-9(11)6-16-10/h6-8H,2-5,12H2,1H3. The van der Waals surface area contributed by atoms with E-state index >= 15 is 0 Å². The molecule has 2 unspecified atom stereocenters. The number of rotatable bonds is 3. The van der Waals surface area contributed by atoms with Crippen LogP contribution in [0.25, 0.3) is 0 Å². The van der Waals surface area contributed by atoms with Crippen molar-refractivity contribution in [2.24, 2.45) is 5.73 Å². The van der Waals surface area contributed by atoms with Crippen LogP contribution in [0, 0.1) is 0 Å². The van der Waals surface area contributed by atoms with Crippen molar-refractivity contribution in [2.75, 3.05) is 25.1 Å². The van der Waals surface area contributed by atoms with Crippen LogP contribution in [0.5, 0.6) is 0 Å². The van der Waals surface area contributed by atoms with E-state index in [2.05, 4.69) is 25.8 Å². The van der Waals surface area contributed by atoms with Gasteiger partial charge in [-0.3, -0.25) is 0 Å². The number of piperidine rings is 1. The summed E-state index contributed by atoms with van der Waals surface area (Å²) < 4.78 is 6.30. The molecule has 2 heterocycles. The zero-order valence-corrected chi connectivity index (χ0v) is 11.6. The Bertz CT molecular complexity index is 347. The van der Waals surface area contributed by atoms with Gasteiger partial charge in [-0.2, -0.15) is 0 Å². The van der Waals surface area contributed by atoms with Crippen LogP contribution in [0.15, 0.2) is 9.98 Å². The lowest BCUT2D eigenvalue weighted by molar-refractivity contribution is 0.0709. The van der Waals surface area contributed by atoms with Gasteiger partial charge in [-0.15, -0.1) is 11.3 Å². The maximum absolute atomic E-state index is 5.82.